The molecule has 1 saturated heterocycles. The summed E-state index contributed by atoms with van der Waals surface area (Å²) in [6, 6.07) is 38.0. The van der Waals surface area contributed by atoms with Crippen LogP contribution in [0.2, 0.25) is 5.04 Å². The van der Waals surface area contributed by atoms with E-state index in [1.54, 1.807) is 17.0 Å². The maximum absolute atomic E-state index is 13.6. The lowest BCUT2D eigenvalue weighted by Gasteiger charge is -2.48. The second-order valence-electron chi connectivity index (χ2n) is 12.3. The van der Waals surface area contributed by atoms with E-state index in [0.717, 1.165) is 11.1 Å². The molecule has 1 heterocycles. The first kappa shape index (κ1) is 31.2. The molecule has 0 spiro atoms. The minimum Gasteiger partial charge on any atom is -0.465 e. The summed E-state index contributed by atoms with van der Waals surface area (Å²) in [4.78, 5) is 27.5. The maximum Gasteiger partial charge on any atom is 0.410 e. The van der Waals surface area contributed by atoms with Gasteiger partial charge in [-0.2, -0.15) is 0 Å². The molecular weight excluding hydrogens is 566 g/mol. The fourth-order valence-corrected chi connectivity index (χ4v) is 11.0. The lowest BCUT2D eigenvalue weighted by molar-refractivity contribution is 0.0311. The molecule has 5 rings (SSSR count). The van der Waals surface area contributed by atoms with Crippen LogP contribution >= 0.6 is 0 Å². The van der Waals surface area contributed by atoms with Crippen molar-refractivity contribution in [2.75, 3.05) is 13.7 Å². The van der Waals surface area contributed by atoms with Crippen LogP contribution in [-0.4, -0.2) is 45.0 Å². The highest BCUT2D eigenvalue weighted by atomic mass is 28.4. The molecule has 0 aliphatic carbocycles. The van der Waals surface area contributed by atoms with E-state index in [4.69, 9.17) is 13.9 Å². The van der Waals surface area contributed by atoms with Crippen LogP contribution in [0.3, 0.4) is 0 Å². The average Bonchev–Trinajstić information content (AvgIpc) is 3.06. The van der Waals surface area contributed by atoms with E-state index in [-0.39, 0.29) is 29.9 Å². The normalized spacial score (nSPS) is 17.1. The first-order valence-electron chi connectivity index (χ1n) is 15.2. The largest absolute Gasteiger partial charge is 0.465 e. The number of esters is 1. The Hall–Kier alpha value is -4.20. The molecule has 4 aromatic carbocycles. The van der Waals surface area contributed by atoms with Gasteiger partial charge in [-0.1, -0.05) is 124 Å². The minimum atomic E-state index is -2.80. The van der Waals surface area contributed by atoms with Crippen LogP contribution in [0.15, 0.2) is 115 Å². The summed E-state index contributed by atoms with van der Waals surface area (Å²) in [6.45, 7) is 7.51. The Labute approximate surface area is 261 Å². The van der Waals surface area contributed by atoms with Gasteiger partial charge in [-0.15, -0.1) is 0 Å². The molecule has 2 unspecified atom stereocenters. The molecule has 228 valence electrons. The quantitative estimate of drug-likeness (QED) is 0.161. The second kappa shape index (κ2) is 13.6. The van der Waals surface area contributed by atoms with Crippen molar-refractivity contribution in [2.24, 2.45) is 0 Å². The van der Waals surface area contributed by atoms with Crippen molar-refractivity contribution in [1.29, 1.82) is 0 Å². The number of amides is 1. The van der Waals surface area contributed by atoms with Crippen molar-refractivity contribution in [3.63, 3.8) is 0 Å². The third kappa shape index (κ3) is 6.64. The van der Waals surface area contributed by atoms with Crippen molar-refractivity contribution in [2.45, 2.75) is 57.4 Å². The number of benzene rings is 4. The first-order chi connectivity index (χ1) is 21.2. The predicted molar refractivity (Wildman–Crippen MR) is 176 cm³/mol. The third-order valence-electron chi connectivity index (χ3n) is 8.47. The van der Waals surface area contributed by atoms with Gasteiger partial charge in [0.05, 0.1) is 18.7 Å². The molecule has 44 heavy (non-hydrogen) atoms. The molecule has 1 fully saturated rings. The van der Waals surface area contributed by atoms with Gasteiger partial charge in [0.2, 0.25) is 0 Å². The molecule has 1 aliphatic rings. The molecule has 4 aromatic rings. The monoisotopic (exact) mass is 607 g/mol. The van der Waals surface area contributed by atoms with E-state index in [1.165, 1.54) is 17.5 Å². The van der Waals surface area contributed by atoms with Crippen LogP contribution in [-0.2, 0) is 20.5 Å². The summed E-state index contributed by atoms with van der Waals surface area (Å²) in [6.07, 6.45) is 0.814. The van der Waals surface area contributed by atoms with Crippen molar-refractivity contribution in [3.8, 4) is 0 Å². The summed E-state index contributed by atoms with van der Waals surface area (Å²) >= 11 is 0. The van der Waals surface area contributed by atoms with Gasteiger partial charge < -0.3 is 18.8 Å². The maximum atomic E-state index is 13.6. The number of carbonyl (C=O) groups is 2. The molecule has 0 aromatic heterocycles. The number of likely N-dealkylation sites (tertiary alicyclic amines) is 1. The topological polar surface area (TPSA) is 65.1 Å². The molecule has 1 amide bonds. The van der Waals surface area contributed by atoms with Crippen LogP contribution in [0, 0.1) is 0 Å². The Balaban J connectivity index is 1.48. The van der Waals surface area contributed by atoms with Gasteiger partial charge in [0.15, 0.2) is 0 Å². The van der Waals surface area contributed by atoms with Gasteiger partial charge in [-0.3, -0.25) is 0 Å². The lowest BCUT2D eigenvalue weighted by atomic mass is 9.93. The Morgan fingerprint density at radius 3 is 1.86 bits per heavy atom. The van der Waals surface area contributed by atoms with Crippen LogP contribution in [0.4, 0.5) is 4.79 Å². The molecule has 2 atom stereocenters. The van der Waals surface area contributed by atoms with E-state index >= 15 is 0 Å². The predicted octanol–water partition coefficient (Wildman–Crippen LogP) is 6.89. The number of methoxy groups -OCH3 is 1. The first-order valence-corrected chi connectivity index (χ1v) is 17.1. The molecule has 0 bridgehead atoms. The molecule has 7 heteroatoms. The van der Waals surface area contributed by atoms with Gasteiger partial charge in [-0.05, 0) is 51.5 Å². The number of hydrogen-bond acceptors (Lipinski definition) is 5. The average molecular weight is 608 g/mol. The highest BCUT2D eigenvalue weighted by Crippen LogP contribution is 2.41. The smallest absolute Gasteiger partial charge is 0.410 e. The zero-order valence-corrected chi connectivity index (χ0v) is 26.9. The van der Waals surface area contributed by atoms with Gasteiger partial charge in [0.25, 0.3) is 8.32 Å². The number of hydrogen-bond donors (Lipinski definition) is 0. The van der Waals surface area contributed by atoms with Gasteiger partial charge in [0, 0.05) is 12.6 Å². The number of nitrogens with zero attached hydrogens (tertiary/aromatic N) is 1. The molecule has 6 nitrogen and oxygen atoms in total. The summed E-state index contributed by atoms with van der Waals surface area (Å²) in [5.41, 5.74) is 2.32. The highest BCUT2D eigenvalue weighted by Gasteiger charge is 2.52. The summed E-state index contributed by atoms with van der Waals surface area (Å²) < 4.78 is 18.2. The van der Waals surface area contributed by atoms with E-state index < -0.39 is 14.3 Å². The minimum absolute atomic E-state index is 0.107. The van der Waals surface area contributed by atoms with E-state index in [1.807, 2.05) is 54.6 Å². The SMILES string of the molecule is COC(=O)c1ccc(C2CC(O[Si](c3ccccc3)(c3ccccc3)C(C)(C)C)CCN2C(=O)OCc2ccccc2)cc1. The standard InChI is InChI=1S/C37H41NO5Si/c1-37(2,3)44(32-16-10-6-11-17-32,33-18-12-7-13-19-33)43-31-24-25-38(36(40)42-27-28-14-8-5-9-15-28)34(26-31)29-20-22-30(23-21-29)35(39)41-4/h5-23,31,34H,24-27H2,1-4H3. The third-order valence-corrected chi connectivity index (χ3v) is 13.6. The number of piperidine rings is 1. The van der Waals surface area contributed by atoms with Crippen molar-refractivity contribution >= 4 is 30.8 Å². The molecule has 0 radical (unpaired) electrons. The van der Waals surface area contributed by atoms with Gasteiger partial charge in [-0.25, -0.2) is 9.59 Å². The van der Waals surface area contributed by atoms with Crippen molar-refractivity contribution in [3.05, 3.63) is 132 Å². The van der Waals surface area contributed by atoms with E-state index in [2.05, 4.69) is 69.3 Å². The Morgan fingerprint density at radius 1 is 0.795 bits per heavy atom. The fraction of sp³-hybridized carbons (Fsp3) is 0.297. The highest BCUT2D eigenvalue weighted by molar-refractivity contribution is 6.99. The second-order valence-corrected chi connectivity index (χ2v) is 16.5. The van der Waals surface area contributed by atoms with Gasteiger partial charge in [0.1, 0.15) is 6.61 Å². The van der Waals surface area contributed by atoms with Crippen molar-refractivity contribution < 1.29 is 23.5 Å². The van der Waals surface area contributed by atoms with E-state index in [0.29, 0.717) is 24.9 Å². The Kier molecular flexibility index (Phi) is 9.67. The molecular formula is C37H41NO5Si. The van der Waals surface area contributed by atoms with Crippen LogP contribution in [0.25, 0.3) is 0 Å². The zero-order chi connectivity index (χ0) is 31.2. The summed E-state index contributed by atoms with van der Waals surface area (Å²) in [5.74, 6) is -0.396. The number of carbonyl (C=O) groups excluding carboxylic acids is 2. The van der Waals surface area contributed by atoms with Gasteiger partial charge >= 0.3 is 12.1 Å². The molecule has 1 aliphatic heterocycles. The molecule has 0 N–H and O–H groups in total. The summed E-state index contributed by atoms with van der Waals surface area (Å²) in [7, 11) is -1.43. The molecule has 0 saturated carbocycles. The lowest BCUT2D eigenvalue weighted by Crippen LogP contribution is -2.68. The summed E-state index contributed by atoms with van der Waals surface area (Å²) in [5, 5.41) is 2.28. The fourth-order valence-electron chi connectivity index (χ4n) is 6.28. The number of ether oxygens (including phenoxy) is 2. The van der Waals surface area contributed by atoms with Crippen LogP contribution < -0.4 is 10.4 Å². The Bertz CT molecular complexity index is 1480. The zero-order valence-electron chi connectivity index (χ0n) is 25.9. The number of rotatable bonds is 8. The van der Waals surface area contributed by atoms with Crippen molar-refractivity contribution in [1.82, 2.24) is 4.90 Å². The van der Waals surface area contributed by atoms with E-state index in [9.17, 15) is 9.59 Å². The Morgan fingerprint density at radius 2 is 1.34 bits per heavy atom. The van der Waals surface area contributed by atoms with Crippen LogP contribution in [0.5, 0.6) is 0 Å². The van der Waals surface area contributed by atoms with Crippen LogP contribution in [0.1, 0.15) is 61.1 Å².